The van der Waals surface area contributed by atoms with Gasteiger partial charge in [0, 0.05) is 42.9 Å². The maximum Gasteiger partial charge on any atom is 0.163 e. The van der Waals surface area contributed by atoms with Crippen LogP contribution in [0.5, 0.6) is 0 Å². The van der Waals surface area contributed by atoms with Gasteiger partial charge in [0.25, 0.3) is 0 Å². The molecular formula is C19H22Br4ClN3. The normalized spacial score (nSPS) is 15.4. The van der Waals surface area contributed by atoms with E-state index in [-0.39, 0.29) is 12.4 Å². The third kappa shape index (κ3) is 4.53. The Balaban J connectivity index is 0.00000261. The van der Waals surface area contributed by atoms with Crippen molar-refractivity contribution < 1.29 is 12.4 Å². The highest BCUT2D eigenvalue weighted by molar-refractivity contribution is 9.11. The second-order valence-corrected chi connectivity index (χ2v) is 10.5. The largest absolute Gasteiger partial charge is 1.00 e. The zero-order valence-electron chi connectivity index (χ0n) is 14.9. The van der Waals surface area contributed by atoms with E-state index in [9.17, 15) is 0 Å². The fraction of sp³-hybridized carbons (Fsp3) is 0.368. The Morgan fingerprint density at radius 3 is 1.59 bits per heavy atom. The number of quaternary nitrogens is 1. The second kappa shape index (κ2) is 9.35. The van der Waals surface area contributed by atoms with Crippen LogP contribution in [0.3, 0.4) is 0 Å². The summed E-state index contributed by atoms with van der Waals surface area (Å²) in [6, 6.07) is 8.66. The molecule has 3 rings (SSSR count). The van der Waals surface area contributed by atoms with Gasteiger partial charge in [-0.2, -0.15) is 0 Å². The molecule has 0 aromatic heterocycles. The standard InChI is InChI=1S/C19H22Br4N3.ClH/c1-26(13-5-3-2-4-6-13,16-9-11(20)7-14(22)18(16)24)17-10-12(21)8-15(23)19(17)25;/h7-10,13H,2-6,24-25H2,1H3;1H/q+1;/p-1. The van der Waals surface area contributed by atoms with Crippen LogP contribution in [0.1, 0.15) is 32.1 Å². The quantitative estimate of drug-likeness (QED) is 0.381. The summed E-state index contributed by atoms with van der Waals surface area (Å²) in [5.74, 6) is 0. The van der Waals surface area contributed by atoms with Gasteiger partial charge in [-0.15, -0.1) is 0 Å². The van der Waals surface area contributed by atoms with Gasteiger partial charge < -0.3 is 23.9 Å². The number of nitrogens with zero attached hydrogens (tertiary/aromatic N) is 1. The van der Waals surface area contributed by atoms with E-state index < -0.39 is 0 Å². The summed E-state index contributed by atoms with van der Waals surface area (Å²) in [6.07, 6.45) is 6.09. The van der Waals surface area contributed by atoms with E-state index in [4.69, 9.17) is 11.5 Å². The Bertz CT molecular complexity index is 781. The van der Waals surface area contributed by atoms with E-state index in [1.165, 1.54) is 19.3 Å². The Morgan fingerprint density at radius 1 is 0.778 bits per heavy atom. The number of nitrogens with two attached hydrogens (primary N) is 2. The zero-order chi connectivity index (χ0) is 19.1. The molecule has 1 saturated carbocycles. The number of hydrogen-bond donors (Lipinski definition) is 2. The lowest BCUT2D eigenvalue weighted by molar-refractivity contribution is -0.00000483. The van der Waals surface area contributed by atoms with Gasteiger partial charge in [-0.05, 0) is 56.8 Å². The van der Waals surface area contributed by atoms with Crippen molar-refractivity contribution in [2.45, 2.75) is 38.1 Å². The molecule has 0 amide bonds. The van der Waals surface area contributed by atoms with Gasteiger partial charge in [0.05, 0.1) is 13.1 Å². The highest BCUT2D eigenvalue weighted by atomic mass is 79.9. The summed E-state index contributed by atoms with van der Waals surface area (Å²) in [5.41, 5.74) is 16.8. The molecule has 0 saturated heterocycles. The molecule has 8 heteroatoms. The maximum absolute atomic E-state index is 6.56. The van der Waals surface area contributed by atoms with Crippen LogP contribution in [0.4, 0.5) is 22.7 Å². The molecular weight excluding hydrogens is 625 g/mol. The van der Waals surface area contributed by atoms with Crippen LogP contribution in [-0.4, -0.2) is 13.1 Å². The lowest BCUT2D eigenvalue weighted by Gasteiger charge is -2.43. The average Bonchev–Trinajstić information content (AvgIpc) is 2.61. The van der Waals surface area contributed by atoms with Crippen molar-refractivity contribution in [3.05, 3.63) is 42.2 Å². The third-order valence-electron chi connectivity index (χ3n) is 5.45. The minimum atomic E-state index is 0. The molecule has 0 aliphatic heterocycles. The van der Waals surface area contributed by atoms with E-state index in [0.29, 0.717) is 10.5 Å². The van der Waals surface area contributed by atoms with Gasteiger partial charge in [-0.1, -0.05) is 38.3 Å². The van der Waals surface area contributed by atoms with Crippen LogP contribution in [0.15, 0.2) is 42.2 Å². The topological polar surface area (TPSA) is 52.0 Å². The molecule has 0 spiro atoms. The SMILES string of the molecule is C[N+](c1cc(Br)cc(Br)c1N)(c1cc(Br)cc(Br)c1N)C1CCCCC1.[Cl-]. The summed E-state index contributed by atoms with van der Waals surface area (Å²) in [5, 5.41) is 0. The number of halogens is 5. The van der Waals surface area contributed by atoms with Gasteiger partial charge in [-0.25, -0.2) is 0 Å². The zero-order valence-corrected chi connectivity index (χ0v) is 22.0. The van der Waals surface area contributed by atoms with Crippen molar-refractivity contribution in [2.24, 2.45) is 0 Å². The first-order valence-corrected chi connectivity index (χ1v) is 11.8. The highest BCUT2D eigenvalue weighted by Crippen LogP contribution is 2.50. The Kier molecular flexibility index (Phi) is 8.13. The van der Waals surface area contributed by atoms with E-state index in [0.717, 1.165) is 53.5 Å². The molecule has 2 aromatic carbocycles. The van der Waals surface area contributed by atoms with Crippen LogP contribution in [0.25, 0.3) is 0 Å². The van der Waals surface area contributed by atoms with Gasteiger partial charge in [0.2, 0.25) is 0 Å². The molecule has 27 heavy (non-hydrogen) atoms. The third-order valence-corrected chi connectivity index (χ3v) is 7.68. The van der Waals surface area contributed by atoms with Crippen LogP contribution in [-0.2, 0) is 0 Å². The van der Waals surface area contributed by atoms with Crippen molar-refractivity contribution >= 4 is 86.5 Å². The van der Waals surface area contributed by atoms with Crippen molar-refractivity contribution in [3.8, 4) is 0 Å². The van der Waals surface area contributed by atoms with E-state index in [1.807, 2.05) is 12.1 Å². The van der Waals surface area contributed by atoms with Crippen molar-refractivity contribution in [3.63, 3.8) is 0 Å². The number of hydrogen-bond acceptors (Lipinski definition) is 2. The minimum absolute atomic E-state index is 0. The molecule has 1 aliphatic carbocycles. The molecule has 0 unspecified atom stereocenters. The molecule has 1 fully saturated rings. The molecule has 0 heterocycles. The molecule has 0 atom stereocenters. The average molecular weight is 647 g/mol. The monoisotopic (exact) mass is 643 g/mol. The maximum atomic E-state index is 6.56. The Hall–Kier alpha value is 0.210. The van der Waals surface area contributed by atoms with Crippen LogP contribution >= 0.6 is 63.7 Å². The summed E-state index contributed by atoms with van der Waals surface area (Å²) in [4.78, 5) is 0. The first-order chi connectivity index (χ1) is 12.2. The summed E-state index contributed by atoms with van der Waals surface area (Å²) < 4.78 is 4.39. The van der Waals surface area contributed by atoms with E-state index in [1.54, 1.807) is 0 Å². The summed E-state index contributed by atoms with van der Waals surface area (Å²) >= 11 is 14.5. The summed E-state index contributed by atoms with van der Waals surface area (Å²) in [7, 11) is 2.24. The van der Waals surface area contributed by atoms with Crippen molar-refractivity contribution in [1.29, 1.82) is 0 Å². The van der Waals surface area contributed by atoms with Gasteiger partial charge in [-0.3, -0.25) is 4.48 Å². The predicted molar refractivity (Wildman–Crippen MR) is 127 cm³/mol. The fourth-order valence-corrected chi connectivity index (χ4v) is 6.44. The smallest absolute Gasteiger partial charge is 0.163 e. The summed E-state index contributed by atoms with van der Waals surface area (Å²) in [6.45, 7) is 0. The van der Waals surface area contributed by atoms with E-state index in [2.05, 4.69) is 82.9 Å². The number of nitrogen functional groups attached to an aromatic ring is 2. The molecule has 148 valence electrons. The lowest BCUT2D eigenvalue weighted by atomic mass is 9.91. The highest BCUT2D eigenvalue weighted by Gasteiger charge is 2.42. The van der Waals surface area contributed by atoms with Crippen LogP contribution in [0.2, 0.25) is 0 Å². The van der Waals surface area contributed by atoms with Crippen LogP contribution in [0, 0.1) is 0 Å². The van der Waals surface area contributed by atoms with Crippen molar-refractivity contribution in [1.82, 2.24) is 4.48 Å². The van der Waals surface area contributed by atoms with Gasteiger partial charge in [0.1, 0.15) is 11.4 Å². The van der Waals surface area contributed by atoms with Gasteiger partial charge >= 0.3 is 0 Å². The number of anilines is 2. The lowest BCUT2D eigenvalue weighted by Crippen LogP contribution is -3.00. The van der Waals surface area contributed by atoms with Gasteiger partial charge in [0.15, 0.2) is 11.4 Å². The van der Waals surface area contributed by atoms with Crippen LogP contribution < -0.4 is 28.4 Å². The molecule has 0 bridgehead atoms. The molecule has 3 nitrogen and oxygen atoms in total. The number of rotatable bonds is 3. The fourth-order valence-electron chi connectivity index (χ4n) is 4.03. The molecule has 0 radical (unpaired) electrons. The molecule has 4 N–H and O–H groups in total. The first kappa shape index (κ1) is 23.5. The number of benzene rings is 2. The molecule has 2 aromatic rings. The van der Waals surface area contributed by atoms with E-state index >= 15 is 0 Å². The Labute approximate surface area is 200 Å². The Morgan fingerprint density at radius 2 is 1.19 bits per heavy atom. The minimum Gasteiger partial charge on any atom is -1.00 e. The van der Waals surface area contributed by atoms with Crippen molar-refractivity contribution in [2.75, 3.05) is 18.5 Å². The predicted octanol–water partition coefficient (Wildman–Crippen LogP) is 4.51. The molecule has 1 aliphatic rings. The first-order valence-electron chi connectivity index (χ1n) is 8.61. The second-order valence-electron chi connectivity index (χ2n) is 7.01.